The maximum Gasteiger partial charge on any atom is 0.249 e. The van der Waals surface area contributed by atoms with Crippen LogP contribution in [0.25, 0.3) is 0 Å². The Morgan fingerprint density at radius 3 is 2.71 bits per heavy atom. The van der Waals surface area contributed by atoms with Gasteiger partial charge in [-0.25, -0.2) is 0 Å². The molecule has 0 bridgehead atoms. The van der Waals surface area contributed by atoms with Crippen molar-refractivity contribution in [2.75, 3.05) is 5.32 Å². The molecule has 0 spiro atoms. The normalized spacial score (nSPS) is 17.5. The summed E-state index contributed by atoms with van der Waals surface area (Å²) in [5, 5.41) is 12.5. The Bertz CT molecular complexity index is 708. The highest BCUT2D eigenvalue weighted by atomic mass is 16.3. The van der Waals surface area contributed by atoms with E-state index in [2.05, 4.69) is 10.3 Å². The van der Waals surface area contributed by atoms with Crippen molar-refractivity contribution in [3.8, 4) is 5.75 Å². The van der Waals surface area contributed by atoms with E-state index in [9.17, 15) is 9.90 Å². The number of anilines is 1. The van der Waals surface area contributed by atoms with Crippen molar-refractivity contribution in [3.63, 3.8) is 0 Å². The fraction of sp³-hybridized carbons (Fsp3) is 0.176. The Labute approximate surface area is 123 Å². The molecule has 1 heterocycles. The van der Waals surface area contributed by atoms with Gasteiger partial charge in [-0.2, -0.15) is 0 Å². The third-order valence-corrected chi connectivity index (χ3v) is 3.57. The molecule has 1 atom stereocenters. The largest absolute Gasteiger partial charge is 0.508 e. The van der Waals surface area contributed by atoms with Gasteiger partial charge in [0, 0.05) is 17.7 Å². The number of hydrogen-bond acceptors (Lipinski definition) is 3. The standard InChI is InChI=1S/C17H16N2O2/c1-11-14-10-13(20)7-8-15(14)19-17(21)16(18-11)9-12-5-3-2-4-6-12/h2-8,10,16,20H,9H2,1H3,(H,19,21). The summed E-state index contributed by atoms with van der Waals surface area (Å²) in [5.74, 6) is 0.0432. The molecule has 4 heteroatoms. The van der Waals surface area contributed by atoms with Crippen LogP contribution in [0, 0.1) is 0 Å². The highest BCUT2D eigenvalue weighted by Gasteiger charge is 2.23. The molecule has 2 aromatic carbocycles. The number of benzene rings is 2. The van der Waals surface area contributed by atoms with Crippen LogP contribution in [-0.4, -0.2) is 22.8 Å². The SMILES string of the molecule is CC1=NC(Cc2ccccc2)C(=O)Nc2ccc(O)cc21. The van der Waals surface area contributed by atoms with E-state index in [1.807, 2.05) is 37.3 Å². The number of phenolic OH excluding ortho intramolecular Hbond substituents is 1. The Morgan fingerprint density at radius 2 is 1.95 bits per heavy atom. The average molecular weight is 280 g/mol. The first kappa shape index (κ1) is 13.4. The lowest BCUT2D eigenvalue weighted by Gasteiger charge is -2.10. The first-order valence-corrected chi connectivity index (χ1v) is 6.86. The lowest BCUT2D eigenvalue weighted by atomic mass is 10.1. The van der Waals surface area contributed by atoms with E-state index in [0.717, 1.165) is 16.8 Å². The van der Waals surface area contributed by atoms with Gasteiger partial charge >= 0.3 is 0 Å². The van der Waals surface area contributed by atoms with E-state index in [4.69, 9.17) is 0 Å². The zero-order chi connectivity index (χ0) is 14.8. The minimum atomic E-state index is -0.457. The van der Waals surface area contributed by atoms with Crippen LogP contribution in [0.1, 0.15) is 18.1 Å². The topological polar surface area (TPSA) is 61.7 Å². The Hall–Kier alpha value is -2.62. The summed E-state index contributed by atoms with van der Waals surface area (Å²) in [6.45, 7) is 1.86. The van der Waals surface area contributed by atoms with Gasteiger partial charge < -0.3 is 10.4 Å². The lowest BCUT2D eigenvalue weighted by molar-refractivity contribution is -0.117. The van der Waals surface area contributed by atoms with Crippen molar-refractivity contribution >= 4 is 17.3 Å². The molecule has 2 aromatic rings. The third kappa shape index (κ3) is 2.79. The number of fused-ring (bicyclic) bond motifs is 1. The molecule has 1 amide bonds. The van der Waals surface area contributed by atoms with Gasteiger partial charge in [-0.15, -0.1) is 0 Å². The van der Waals surface area contributed by atoms with Crippen LogP contribution >= 0.6 is 0 Å². The van der Waals surface area contributed by atoms with Gasteiger partial charge in [-0.1, -0.05) is 30.3 Å². The number of benzodiazepines with no additional fused rings is 1. The number of carbonyl (C=O) groups is 1. The second-order valence-corrected chi connectivity index (χ2v) is 5.14. The zero-order valence-electron chi connectivity index (χ0n) is 11.7. The van der Waals surface area contributed by atoms with Crippen LogP contribution in [0.5, 0.6) is 5.75 Å². The van der Waals surface area contributed by atoms with Crippen molar-refractivity contribution in [3.05, 3.63) is 59.7 Å². The molecule has 0 saturated heterocycles. The van der Waals surface area contributed by atoms with Crippen LogP contribution in [0.2, 0.25) is 0 Å². The minimum absolute atomic E-state index is 0.123. The molecule has 0 saturated carbocycles. The zero-order valence-corrected chi connectivity index (χ0v) is 11.7. The monoisotopic (exact) mass is 280 g/mol. The number of nitrogens with zero attached hydrogens (tertiary/aromatic N) is 1. The van der Waals surface area contributed by atoms with Crippen LogP contribution < -0.4 is 5.32 Å². The Morgan fingerprint density at radius 1 is 1.19 bits per heavy atom. The molecular weight excluding hydrogens is 264 g/mol. The molecule has 106 valence electrons. The number of hydrogen-bond donors (Lipinski definition) is 2. The van der Waals surface area contributed by atoms with E-state index in [-0.39, 0.29) is 11.7 Å². The number of carbonyl (C=O) groups excluding carboxylic acids is 1. The van der Waals surface area contributed by atoms with Crippen LogP contribution in [0.15, 0.2) is 53.5 Å². The maximum absolute atomic E-state index is 12.3. The summed E-state index contributed by atoms with van der Waals surface area (Å²) < 4.78 is 0. The number of nitrogens with one attached hydrogen (secondary N) is 1. The van der Waals surface area contributed by atoms with Crippen molar-refractivity contribution in [2.45, 2.75) is 19.4 Å². The molecule has 21 heavy (non-hydrogen) atoms. The third-order valence-electron chi connectivity index (χ3n) is 3.57. The highest BCUT2D eigenvalue weighted by molar-refractivity contribution is 6.11. The average Bonchev–Trinajstić information content (AvgIpc) is 2.59. The lowest BCUT2D eigenvalue weighted by Crippen LogP contribution is -2.27. The van der Waals surface area contributed by atoms with Gasteiger partial charge in [-0.05, 0) is 30.7 Å². The molecule has 3 rings (SSSR count). The van der Waals surface area contributed by atoms with Crippen molar-refractivity contribution in [2.24, 2.45) is 4.99 Å². The van der Waals surface area contributed by atoms with Crippen molar-refractivity contribution in [1.82, 2.24) is 0 Å². The van der Waals surface area contributed by atoms with E-state index < -0.39 is 6.04 Å². The molecule has 0 radical (unpaired) electrons. The predicted molar refractivity (Wildman–Crippen MR) is 82.9 cm³/mol. The highest BCUT2D eigenvalue weighted by Crippen LogP contribution is 2.25. The minimum Gasteiger partial charge on any atom is -0.508 e. The number of rotatable bonds is 2. The summed E-state index contributed by atoms with van der Waals surface area (Å²) >= 11 is 0. The fourth-order valence-electron chi connectivity index (χ4n) is 2.49. The predicted octanol–water partition coefficient (Wildman–Crippen LogP) is 2.76. The second kappa shape index (κ2) is 5.40. The first-order chi connectivity index (χ1) is 10.1. The van der Waals surface area contributed by atoms with Gasteiger partial charge in [0.2, 0.25) is 5.91 Å². The van der Waals surface area contributed by atoms with Crippen LogP contribution in [-0.2, 0) is 11.2 Å². The molecule has 1 unspecified atom stereocenters. The summed E-state index contributed by atoms with van der Waals surface area (Å²) in [6.07, 6.45) is 0.560. The number of phenols is 1. The van der Waals surface area contributed by atoms with Crippen LogP contribution in [0.4, 0.5) is 5.69 Å². The van der Waals surface area contributed by atoms with Gasteiger partial charge in [-0.3, -0.25) is 9.79 Å². The van der Waals surface area contributed by atoms with Gasteiger partial charge in [0.05, 0.1) is 5.69 Å². The molecule has 0 aromatic heterocycles. The molecule has 0 fully saturated rings. The van der Waals surface area contributed by atoms with E-state index in [1.165, 1.54) is 0 Å². The van der Waals surface area contributed by atoms with Gasteiger partial charge in [0.15, 0.2) is 0 Å². The molecule has 4 nitrogen and oxygen atoms in total. The number of aliphatic imine (C=N–C) groups is 1. The van der Waals surface area contributed by atoms with Crippen molar-refractivity contribution < 1.29 is 9.90 Å². The molecule has 1 aliphatic rings. The number of amides is 1. The molecule has 0 aliphatic carbocycles. The Kier molecular flexibility index (Phi) is 3.44. The molecular formula is C17H16N2O2. The molecule has 1 aliphatic heterocycles. The first-order valence-electron chi connectivity index (χ1n) is 6.86. The summed E-state index contributed by atoms with van der Waals surface area (Å²) in [7, 11) is 0. The summed E-state index contributed by atoms with van der Waals surface area (Å²) in [4.78, 5) is 16.9. The maximum atomic E-state index is 12.3. The Balaban J connectivity index is 1.94. The van der Waals surface area contributed by atoms with E-state index >= 15 is 0 Å². The number of aromatic hydroxyl groups is 1. The van der Waals surface area contributed by atoms with Gasteiger partial charge in [0.1, 0.15) is 11.8 Å². The quantitative estimate of drug-likeness (QED) is 0.831. The second-order valence-electron chi connectivity index (χ2n) is 5.14. The molecule has 2 N–H and O–H groups in total. The van der Waals surface area contributed by atoms with E-state index in [0.29, 0.717) is 12.1 Å². The summed E-state index contributed by atoms with van der Waals surface area (Å²) in [6, 6.07) is 14.3. The van der Waals surface area contributed by atoms with Gasteiger partial charge in [0.25, 0.3) is 0 Å². The smallest absolute Gasteiger partial charge is 0.249 e. The van der Waals surface area contributed by atoms with Crippen LogP contribution in [0.3, 0.4) is 0 Å². The summed E-state index contributed by atoms with van der Waals surface area (Å²) in [5.41, 5.74) is 3.27. The van der Waals surface area contributed by atoms with Crippen molar-refractivity contribution in [1.29, 1.82) is 0 Å². The fourth-order valence-corrected chi connectivity index (χ4v) is 2.49. The van der Waals surface area contributed by atoms with E-state index in [1.54, 1.807) is 18.2 Å².